The fraction of sp³-hybridized carbons (Fsp3) is 0.441. The molecule has 4 atom stereocenters. The van der Waals surface area contributed by atoms with Crippen LogP contribution in [0.15, 0.2) is 60.8 Å². The fourth-order valence-electron chi connectivity index (χ4n) is 7.45. The van der Waals surface area contributed by atoms with Gasteiger partial charge in [-0.1, -0.05) is 43.5 Å². The second-order valence-corrected chi connectivity index (χ2v) is 12.4. The zero-order valence-electron chi connectivity index (χ0n) is 24.5. The van der Waals surface area contributed by atoms with E-state index in [0.29, 0.717) is 18.0 Å². The summed E-state index contributed by atoms with van der Waals surface area (Å²) in [6, 6.07) is 13.8. The van der Waals surface area contributed by atoms with Crippen molar-refractivity contribution in [1.29, 1.82) is 0 Å². The summed E-state index contributed by atoms with van der Waals surface area (Å²) in [4.78, 5) is 33.4. The molecule has 1 aliphatic heterocycles. The minimum atomic E-state index is -4.67. The van der Waals surface area contributed by atoms with E-state index in [1.807, 2.05) is 24.3 Å². The van der Waals surface area contributed by atoms with Crippen molar-refractivity contribution in [3.05, 3.63) is 89.0 Å². The van der Waals surface area contributed by atoms with Gasteiger partial charge in [-0.3, -0.25) is 14.6 Å². The monoisotopic (exact) mass is 608 g/mol. The molecule has 2 aromatic carbocycles. The molecular weight excluding hydrogens is 572 g/mol. The summed E-state index contributed by atoms with van der Waals surface area (Å²) in [5.41, 5.74) is 1.01. The van der Waals surface area contributed by atoms with Crippen LogP contribution >= 0.6 is 0 Å². The fourth-order valence-corrected chi connectivity index (χ4v) is 7.45. The zero-order valence-corrected chi connectivity index (χ0v) is 24.5. The molecule has 3 fully saturated rings. The van der Waals surface area contributed by atoms with Crippen molar-refractivity contribution in [2.24, 2.45) is 11.8 Å². The van der Waals surface area contributed by atoms with E-state index in [4.69, 9.17) is 0 Å². The van der Waals surface area contributed by atoms with Gasteiger partial charge in [0.05, 0.1) is 17.5 Å². The van der Waals surface area contributed by atoms with Crippen LogP contribution in [0.25, 0.3) is 0 Å². The minimum absolute atomic E-state index is 0.00418. The maximum Gasteiger partial charge on any atom is 0.433 e. The zero-order chi connectivity index (χ0) is 31.0. The van der Waals surface area contributed by atoms with E-state index in [2.05, 4.69) is 15.6 Å². The summed E-state index contributed by atoms with van der Waals surface area (Å²) in [5.74, 6) is -2.36. The van der Waals surface area contributed by atoms with Crippen molar-refractivity contribution in [2.45, 2.75) is 82.6 Å². The van der Waals surface area contributed by atoms with E-state index in [-0.39, 0.29) is 23.2 Å². The molecule has 2 N–H and O–H groups in total. The van der Waals surface area contributed by atoms with Gasteiger partial charge in [0.15, 0.2) is 0 Å². The third-order valence-electron chi connectivity index (χ3n) is 9.52. The lowest BCUT2D eigenvalue weighted by atomic mass is 9.76. The van der Waals surface area contributed by atoms with E-state index < -0.39 is 41.5 Å². The number of benzene rings is 2. The van der Waals surface area contributed by atoms with Gasteiger partial charge in [0.1, 0.15) is 11.5 Å². The lowest BCUT2D eigenvalue weighted by molar-refractivity contribution is -0.141. The Bertz CT molecular complexity index is 1500. The molecule has 0 radical (unpaired) electrons. The molecular formula is C34H36F4N4O2. The molecule has 0 spiro atoms. The number of piperidine rings is 1. The molecule has 2 aliphatic carbocycles. The smallest absolute Gasteiger partial charge is 0.382 e. The van der Waals surface area contributed by atoms with Crippen molar-refractivity contribution in [3.8, 4) is 0 Å². The number of carbonyl (C=O) groups excluding carboxylic acids is 2. The lowest BCUT2D eigenvalue weighted by Gasteiger charge is -2.48. The number of amides is 2. The van der Waals surface area contributed by atoms with E-state index >= 15 is 4.39 Å². The van der Waals surface area contributed by atoms with Gasteiger partial charge in [0, 0.05) is 29.7 Å². The van der Waals surface area contributed by atoms with Gasteiger partial charge in [0.2, 0.25) is 5.91 Å². The highest BCUT2D eigenvalue weighted by atomic mass is 19.4. The maximum atomic E-state index is 15.2. The first kappa shape index (κ1) is 30.1. The summed E-state index contributed by atoms with van der Waals surface area (Å²) < 4.78 is 55.3. The van der Waals surface area contributed by atoms with Crippen LogP contribution < -0.4 is 10.6 Å². The molecule has 0 bridgehead atoms. The van der Waals surface area contributed by atoms with Crippen molar-refractivity contribution in [1.82, 2.24) is 9.88 Å². The number of rotatable bonds is 6. The van der Waals surface area contributed by atoms with Gasteiger partial charge in [-0.2, -0.15) is 13.2 Å². The highest BCUT2D eigenvalue weighted by Gasteiger charge is 2.50. The van der Waals surface area contributed by atoms with Crippen LogP contribution in [0.4, 0.5) is 28.9 Å². The Morgan fingerprint density at radius 1 is 0.932 bits per heavy atom. The van der Waals surface area contributed by atoms with Crippen LogP contribution in [0.1, 0.15) is 84.6 Å². The van der Waals surface area contributed by atoms with Crippen molar-refractivity contribution in [2.75, 3.05) is 10.6 Å². The number of nitrogens with zero attached hydrogens (tertiary/aromatic N) is 2. The Morgan fingerprint density at radius 2 is 1.68 bits per heavy atom. The molecule has 2 saturated carbocycles. The highest BCUT2D eigenvalue weighted by Crippen LogP contribution is 2.49. The number of alkyl halides is 3. The Kier molecular flexibility index (Phi) is 8.35. The summed E-state index contributed by atoms with van der Waals surface area (Å²) in [5, 5.41) is 6.24. The minimum Gasteiger partial charge on any atom is -0.382 e. The molecule has 3 aromatic rings. The number of nitrogens with one attached hydrogen (secondary N) is 2. The molecule has 2 amide bonds. The molecule has 2 heterocycles. The van der Waals surface area contributed by atoms with Gasteiger partial charge >= 0.3 is 6.18 Å². The maximum absolute atomic E-state index is 15.2. The number of anilines is 2. The van der Waals surface area contributed by atoms with E-state index in [1.54, 1.807) is 24.0 Å². The van der Waals surface area contributed by atoms with E-state index in [0.717, 1.165) is 55.6 Å². The van der Waals surface area contributed by atoms with Crippen LogP contribution in [-0.2, 0) is 11.0 Å². The summed E-state index contributed by atoms with van der Waals surface area (Å²) in [6.45, 7) is 1.69. The number of halogens is 4. The van der Waals surface area contributed by atoms with Crippen molar-refractivity contribution < 1.29 is 27.2 Å². The molecule has 1 saturated heterocycles. The molecule has 44 heavy (non-hydrogen) atoms. The number of hydrogen-bond acceptors (Lipinski definition) is 4. The molecule has 3 aliphatic rings. The molecule has 1 aromatic heterocycles. The molecule has 4 unspecified atom stereocenters. The Balaban J connectivity index is 1.39. The van der Waals surface area contributed by atoms with Crippen LogP contribution in [0.2, 0.25) is 0 Å². The van der Waals surface area contributed by atoms with Gasteiger partial charge in [-0.25, -0.2) is 4.39 Å². The standard InChI is InChI=1S/C34H36F4N4O2/c1-20-6-4-10-27(35)30(20)33(44)42-28-11-5-7-22(28)18-26(32(43)41-25-16-17-39-29(19-25)34(36,37)38)31(42)21-12-14-24(15-13-21)40-23-8-2-3-9-23/h4,6,10,12-17,19,22-23,26,28,31,40H,2-3,5,7-9,11,18H2,1H3,(H,39,41,43). The van der Waals surface area contributed by atoms with Gasteiger partial charge in [-0.05, 0) is 86.4 Å². The number of fused-ring (bicyclic) bond motifs is 1. The SMILES string of the molecule is Cc1cccc(F)c1C(=O)N1C2CCCC2CC(C(=O)Nc2ccnc(C(F)(F)F)c2)C1c1ccc(NC2CCCC2)cc1. The first-order chi connectivity index (χ1) is 21.1. The van der Waals surface area contributed by atoms with E-state index in [9.17, 15) is 22.8 Å². The van der Waals surface area contributed by atoms with Crippen molar-refractivity contribution in [3.63, 3.8) is 0 Å². The van der Waals surface area contributed by atoms with Crippen molar-refractivity contribution >= 4 is 23.2 Å². The third-order valence-corrected chi connectivity index (χ3v) is 9.52. The van der Waals surface area contributed by atoms with Gasteiger partial charge in [-0.15, -0.1) is 0 Å². The number of aryl methyl sites for hydroxylation is 1. The quantitative estimate of drug-likeness (QED) is 0.279. The largest absolute Gasteiger partial charge is 0.433 e. The summed E-state index contributed by atoms with van der Waals surface area (Å²) >= 11 is 0. The molecule has 232 valence electrons. The molecule has 10 heteroatoms. The predicted molar refractivity (Wildman–Crippen MR) is 159 cm³/mol. The Hall–Kier alpha value is -3.95. The van der Waals surface area contributed by atoms with E-state index in [1.165, 1.54) is 25.0 Å². The first-order valence-corrected chi connectivity index (χ1v) is 15.4. The van der Waals surface area contributed by atoms with Gasteiger partial charge in [0.25, 0.3) is 5.91 Å². The summed E-state index contributed by atoms with van der Waals surface area (Å²) in [6.07, 6.45) is 3.78. The van der Waals surface area contributed by atoms with Crippen LogP contribution in [0.3, 0.4) is 0 Å². The van der Waals surface area contributed by atoms with Crippen LogP contribution in [-0.4, -0.2) is 33.8 Å². The van der Waals surface area contributed by atoms with Crippen LogP contribution in [0, 0.1) is 24.6 Å². The lowest BCUT2D eigenvalue weighted by Crippen LogP contribution is -2.54. The molecule has 6 nitrogen and oxygen atoms in total. The highest BCUT2D eigenvalue weighted by molar-refractivity contribution is 5.98. The summed E-state index contributed by atoms with van der Waals surface area (Å²) in [7, 11) is 0. The Labute approximate surface area is 254 Å². The normalized spacial score (nSPS) is 23.8. The average Bonchev–Trinajstić information content (AvgIpc) is 3.68. The predicted octanol–water partition coefficient (Wildman–Crippen LogP) is 7.91. The average molecular weight is 609 g/mol. The number of aromatic nitrogens is 1. The van der Waals surface area contributed by atoms with Crippen LogP contribution in [0.5, 0.6) is 0 Å². The number of likely N-dealkylation sites (tertiary alicyclic amines) is 1. The number of hydrogen-bond donors (Lipinski definition) is 2. The number of carbonyl (C=O) groups is 2. The van der Waals surface area contributed by atoms with Gasteiger partial charge < -0.3 is 15.5 Å². The second kappa shape index (κ2) is 12.2. The third kappa shape index (κ3) is 6.03. The Morgan fingerprint density at radius 3 is 2.39 bits per heavy atom. The first-order valence-electron chi connectivity index (χ1n) is 15.4. The number of pyridine rings is 1. The molecule has 6 rings (SSSR count). The topological polar surface area (TPSA) is 74.3 Å². The second-order valence-electron chi connectivity index (χ2n) is 12.4.